The van der Waals surface area contributed by atoms with Crippen LogP contribution in [0.2, 0.25) is 0 Å². The number of rotatable bonds is 5. The number of hydrogen-bond donors (Lipinski definition) is 1. The van der Waals surface area contributed by atoms with Crippen molar-refractivity contribution in [3.8, 4) is 5.69 Å². The minimum atomic E-state index is -0.741. The predicted octanol–water partition coefficient (Wildman–Crippen LogP) is 2.72. The molecule has 1 heterocycles. The molecule has 0 aliphatic rings. The lowest BCUT2D eigenvalue weighted by Crippen LogP contribution is -2.34. The van der Waals surface area contributed by atoms with Crippen molar-refractivity contribution in [3.63, 3.8) is 0 Å². The summed E-state index contributed by atoms with van der Waals surface area (Å²) in [6.07, 6.45) is 0.947. The first kappa shape index (κ1) is 13.8. The number of aromatic nitrogens is 2. The van der Waals surface area contributed by atoms with E-state index in [4.69, 9.17) is 4.74 Å². The van der Waals surface area contributed by atoms with Gasteiger partial charge in [0.25, 0.3) is 0 Å². The molecule has 0 radical (unpaired) electrons. The molecule has 102 valence electrons. The van der Waals surface area contributed by atoms with Gasteiger partial charge in [-0.1, -0.05) is 18.2 Å². The van der Waals surface area contributed by atoms with Crippen LogP contribution in [0.15, 0.2) is 42.6 Å². The monoisotopic (exact) mass is 260 g/mol. The number of aliphatic hydroxyl groups is 1. The minimum absolute atomic E-state index is 0.559. The van der Waals surface area contributed by atoms with Gasteiger partial charge in [-0.25, -0.2) is 4.68 Å². The van der Waals surface area contributed by atoms with Gasteiger partial charge < -0.3 is 9.84 Å². The average Bonchev–Trinajstić information content (AvgIpc) is 2.87. The largest absolute Gasteiger partial charge is 0.384 e. The lowest BCUT2D eigenvalue weighted by molar-refractivity contribution is -0.101. The zero-order valence-electron chi connectivity index (χ0n) is 11.6. The predicted molar refractivity (Wildman–Crippen MR) is 74.2 cm³/mol. The topological polar surface area (TPSA) is 47.3 Å². The van der Waals surface area contributed by atoms with E-state index in [1.807, 2.05) is 57.2 Å². The third-order valence-corrected chi connectivity index (χ3v) is 3.13. The van der Waals surface area contributed by atoms with Crippen LogP contribution in [0.25, 0.3) is 5.69 Å². The standard InChI is InChI=1S/C15H20N2O2/c1-4-19-15(2,3)14(18)13-10-11-16-17(13)12-8-6-5-7-9-12/h5-11,14,18H,4H2,1-3H3. The van der Waals surface area contributed by atoms with Crippen LogP contribution >= 0.6 is 0 Å². The van der Waals surface area contributed by atoms with E-state index in [1.165, 1.54) is 0 Å². The number of hydrogen-bond acceptors (Lipinski definition) is 3. The van der Waals surface area contributed by atoms with Gasteiger partial charge in [-0.15, -0.1) is 0 Å². The summed E-state index contributed by atoms with van der Waals surface area (Å²) < 4.78 is 7.36. The molecule has 0 saturated carbocycles. The van der Waals surface area contributed by atoms with Crippen LogP contribution in [0.5, 0.6) is 0 Å². The smallest absolute Gasteiger partial charge is 0.124 e. The van der Waals surface area contributed by atoms with Crippen LogP contribution in [-0.2, 0) is 4.74 Å². The number of aliphatic hydroxyl groups excluding tert-OH is 1. The van der Waals surface area contributed by atoms with E-state index in [-0.39, 0.29) is 0 Å². The Kier molecular flexibility index (Phi) is 4.02. The summed E-state index contributed by atoms with van der Waals surface area (Å²) in [4.78, 5) is 0. The molecule has 1 atom stereocenters. The maximum absolute atomic E-state index is 10.5. The Bertz CT molecular complexity index is 520. The van der Waals surface area contributed by atoms with Crippen LogP contribution < -0.4 is 0 Å². The van der Waals surface area contributed by atoms with Crippen LogP contribution in [0.1, 0.15) is 32.6 Å². The van der Waals surface area contributed by atoms with Gasteiger partial charge in [-0.05, 0) is 39.0 Å². The molecule has 0 spiro atoms. The molecule has 4 heteroatoms. The van der Waals surface area contributed by atoms with Crippen molar-refractivity contribution < 1.29 is 9.84 Å². The summed E-state index contributed by atoms with van der Waals surface area (Å²) in [6.45, 7) is 6.24. The van der Waals surface area contributed by atoms with Crippen molar-refractivity contribution >= 4 is 0 Å². The Morgan fingerprint density at radius 2 is 1.95 bits per heavy atom. The van der Waals surface area contributed by atoms with Gasteiger partial charge in [0.05, 0.1) is 17.0 Å². The molecule has 2 aromatic rings. The molecule has 0 fully saturated rings. The van der Waals surface area contributed by atoms with Gasteiger partial charge in [0.1, 0.15) is 6.10 Å². The lowest BCUT2D eigenvalue weighted by atomic mass is 9.98. The molecule has 0 aliphatic carbocycles. The Morgan fingerprint density at radius 3 is 2.58 bits per heavy atom. The molecule has 2 rings (SSSR count). The lowest BCUT2D eigenvalue weighted by Gasteiger charge is -2.30. The van der Waals surface area contributed by atoms with Gasteiger partial charge in [0.15, 0.2) is 0 Å². The summed E-state index contributed by atoms with van der Waals surface area (Å²) in [5.74, 6) is 0. The van der Waals surface area contributed by atoms with Gasteiger partial charge in [0.2, 0.25) is 0 Å². The van der Waals surface area contributed by atoms with E-state index in [0.717, 1.165) is 11.4 Å². The van der Waals surface area contributed by atoms with Crippen LogP contribution in [0, 0.1) is 0 Å². The Balaban J connectivity index is 2.35. The van der Waals surface area contributed by atoms with Crippen molar-refractivity contribution in [1.82, 2.24) is 9.78 Å². The molecule has 0 bridgehead atoms. The molecule has 0 saturated heterocycles. The molecule has 1 aromatic carbocycles. The quantitative estimate of drug-likeness (QED) is 0.899. The van der Waals surface area contributed by atoms with Crippen LogP contribution in [-0.4, -0.2) is 27.1 Å². The Hall–Kier alpha value is -1.65. The second kappa shape index (κ2) is 5.55. The summed E-state index contributed by atoms with van der Waals surface area (Å²) >= 11 is 0. The van der Waals surface area contributed by atoms with Gasteiger partial charge in [0, 0.05) is 12.8 Å². The van der Waals surface area contributed by atoms with E-state index >= 15 is 0 Å². The molecule has 4 nitrogen and oxygen atoms in total. The van der Waals surface area contributed by atoms with Gasteiger partial charge in [-0.2, -0.15) is 5.10 Å². The zero-order chi connectivity index (χ0) is 13.9. The normalized spacial score (nSPS) is 13.5. The minimum Gasteiger partial charge on any atom is -0.384 e. The molecule has 19 heavy (non-hydrogen) atoms. The summed E-state index contributed by atoms with van der Waals surface area (Å²) in [7, 11) is 0. The first-order valence-corrected chi connectivity index (χ1v) is 6.47. The highest BCUT2D eigenvalue weighted by Gasteiger charge is 2.32. The van der Waals surface area contributed by atoms with Crippen LogP contribution in [0.4, 0.5) is 0 Å². The molecular weight excluding hydrogens is 240 g/mol. The molecule has 1 aromatic heterocycles. The highest BCUT2D eigenvalue weighted by molar-refractivity contribution is 5.33. The first-order valence-electron chi connectivity index (χ1n) is 6.47. The fourth-order valence-corrected chi connectivity index (χ4v) is 2.11. The second-order valence-corrected chi connectivity index (χ2v) is 4.94. The molecule has 1 unspecified atom stereocenters. The Labute approximate surface area is 113 Å². The van der Waals surface area contributed by atoms with Crippen molar-refractivity contribution in [2.45, 2.75) is 32.5 Å². The number of para-hydroxylation sites is 1. The van der Waals surface area contributed by atoms with E-state index in [1.54, 1.807) is 10.9 Å². The highest BCUT2D eigenvalue weighted by Crippen LogP contribution is 2.29. The summed E-state index contributed by atoms with van der Waals surface area (Å²) in [5.41, 5.74) is 1.000. The third kappa shape index (κ3) is 2.85. The van der Waals surface area contributed by atoms with Crippen molar-refractivity contribution in [3.05, 3.63) is 48.3 Å². The summed E-state index contributed by atoms with van der Waals surface area (Å²) in [6, 6.07) is 11.6. The highest BCUT2D eigenvalue weighted by atomic mass is 16.5. The van der Waals surface area contributed by atoms with Crippen molar-refractivity contribution in [2.75, 3.05) is 6.61 Å². The first-order chi connectivity index (χ1) is 9.06. The van der Waals surface area contributed by atoms with Gasteiger partial charge in [-0.3, -0.25) is 0 Å². The van der Waals surface area contributed by atoms with Crippen molar-refractivity contribution in [1.29, 1.82) is 0 Å². The maximum Gasteiger partial charge on any atom is 0.124 e. The number of ether oxygens (including phenoxy) is 1. The van der Waals surface area contributed by atoms with E-state index in [0.29, 0.717) is 6.61 Å². The molecular formula is C15H20N2O2. The maximum atomic E-state index is 10.5. The Morgan fingerprint density at radius 1 is 1.26 bits per heavy atom. The van der Waals surface area contributed by atoms with Crippen LogP contribution in [0.3, 0.4) is 0 Å². The van der Waals surface area contributed by atoms with E-state index < -0.39 is 11.7 Å². The van der Waals surface area contributed by atoms with E-state index in [2.05, 4.69) is 5.10 Å². The van der Waals surface area contributed by atoms with Crippen molar-refractivity contribution in [2.24, 2.45) is 0 Å². The number of nitrogens with zero attached hydrogens (tertiary/aromatic N) is 2. The fourth-order valence-electron chi connectivity index (χ4n) is 2.11. The fraction of sp³-hybridized carbons (Fsp3) is 0.400. The average molecular weight is 260 g/mol. The van der Waals surface area contributed by atoms with E-state index in [9.17, 15) is 5.11 Å². The molecule has 0 aliphatic heterocycles. The third-order valence-electron chi connectivity index (χ3n) is 3.13. The molecule has 1 N–H and O–H groups in total. The zero-order valence-corrected chi connectivity index (χ0v) is 11.6. The summed E-state index contributed by atoms with van der Waals surface area (Å²) in [5, 5.41) is 14.8. The number of benzene rings is 1. The second-order valence-electron chi connectivity index (χ2n) is 4.94. The molecule has 0 amide bonds. The van der Waals surface area contributed by atoms with Gasteiger partial charge >= 0.3 is 0 Å². The SMILES string of the molecule is CCOC(C)(C)C(O)c1ccnn1-c1ccccc1.